The molecule has 0 spiro atoms. The quantitative estimate of drug-likeness (QED) is 0.0727. The summed E-state index contributed by atoms with van der Waals surface area (Å²) in [5.41, 5.74) is 9.79. The molecule has 2 aliphatic rings. The van der Waals surface area contributed by atoms with Gasteiger partial charge in [0.25, 0.3) is 0 Å². The number of anilines is 4. The molecule has 0 aliphatic heterocycles. The molecule has 10 heteroatoms. The third kappa shape index (κ3) is 6.59. The summed E-state index contributed by atoms with van der Waals surface area (Å²) in [7, 11) is 0. The average Bonchev–Trinajstić information content (AvgIpc) is 4.08. The summed E-state index contributed by atoms with van der Waals surface area (Å²) in [6.07, 6.45) is 10.6. The lowest BCUT2D eigenvalue weighted by atomic mass is 9.94. The van der Waals surface area contributed by atoms with Crippen molar-refractivity contribution in [3.63, 3.8) is 0 Å². The van der Waals surface area contributed by atoms with Crippen LogP contribution >= 0.6 is 0 Å². The van der Waals surface area contributed by atoms with Crippen molar-refractivity contribution in [3.05, 3.63) is 108 Å². The Hall–Kier alpha value is -5.00. The van der Waals surface area contributed by atoms with Crippen molar-refractivity contribution >= 4 is 44.8 Å². The van der Waals surface area contributed by atoms with Gasteiger partial charge in [0.15, 0.2) is 11.6 Å². The fourth-order valence-corrected chi connectivity index (χ4v) is 7.28. The van der Waals surface area contributed by atoms with Crippen LogP contribution in [0, 0.1) is 13.8 Å². The van der Waals surface area contributed by atoms with Crippen molar-refractivity contribution in [2.24, 2.45) is 0 Å². The highest BCUT2D eigenvalue weighted by Crippen LogP contribution is 2.40. The maximum atomic E-state index is 10.1. The molecule has 4 heterocycles. The highest BCUT2D eigenvalue weighted by atomic mass is 16.3. The fourth-order valence-electron chi connectivity index (χ4n) is 7.28. The van der Waals surface area contributed by atoms with Crippen LogP contribution in [0.2, 0.25) is 0 Å². The van der Waals surface area contributed by atoms with E-state index in [1.165, 1.54) is 0 Å². The molecule has 0 amide bonds. The van der Waals surface area contributed by atoms with Crippen molar-refractivity contribution in [1.82, 2.24) is 30.6 Å². The summed E-state index contributed by atoms with van der Waals surface area (Å²) in [6, 6.07) is 20.8. The number of rotatable bonds is 13. The fraction of sp³-hybridized carbons (Fsp3) is 0.333. The second-order valence-electron chi connectivity index (χ2n) is 14.7. The van der Waals surface area contributed by atoms with Gasteiger partial charge < -0.3 is 31.5 Å². The number of nitrogens with zero attached hydrogens (tertiary/aromatic N) is 4. The van der Waals surface area contributed by atoms with Gasteiger partial charge in [0.2, 0.25) is 0 Å². The van der Waals surface area contributed by atoms with Gasteiger partial charge in [0, 0.05) is 71.1 Å². The van der Waals surface area contributed by atoms with E-state index in [0.717, 1.165) is 92.2 Å². The van der Waals surface area contributed by atoms with Crippen LogP contribution in [0.1, 0.15) is 61.8 Å². The van der Waals surface area contributed by atoms with Gasteiger partial charge in [-0.1, -0.05) is 24.3 Å². The smallest absolute Gasteiger partial charge is 0.156 e. The molecule has 4 aromatic heterocycles. The maximum Gasteiger partial charge on any atom is 0.156 e. The first-order valence-corrected chi connectivity index (χ1v) is 18.2. The highest BCUT2D eigenvalue weighted by molar-refractivity contribution is 5.92. The molecule has 2 aliphatic carbocycles. The van der Waals surface area contributed by atoms with E-state index >= 15 is 0 Å². The molecule has 2 saturated carbocycles. The van der Waals surface area contributed by atoms with Crippen LogP contribution in [0.15, 0.2) is 85.5 Å². The molecule has 6 aromatic rings. The minimum Gasteiger partial charge on any atom is -0.391 e. The van der Waals surface area contributed by atoms with E-state index in [4.69, 9.17) is 9.97 Å². The van der Waals surface area contributed by atoms with Crippen LogP contribution in [-0.2, 0) is 13.1 Å². The summed E-state index contributed by atoms with van der Waals surface area (Å²) in [5, 5.41) is 36.5. The van der Waals surface area contributed by atoms with E-state index < -0.39 is 0 Å². The van der Waals surface area contributed by atoms with Gasteiger partial charge in [-0.2, -0.15) is 0 Å². The molecule has 2 fully saturated rings. The summed E-state index contributed by atoms with van der Waals surface area (Å²) in [4.78, 5) is 19.0. The molecule has 52 heavy (non-hydrogen) atoms. The molecule has 2 aromatic carbocycles. The van der Waals surface area contributed by atoms with Crippen molar-refractivity contribution in [1.29, 1.82) is 0 Å². The number of aromatic nitrogens is 4. The van der Waals surface area contributed by atoms with Crippen molar-refractivity contribution in [2.75, 3.05) is 10.6 Å². The number of aliphatic hydroxyl groups is 2. The first-order chi connectivity index (χ1) is 25.1. The lowest BCUT2D eigenvalue weighted by Crippen LogP contribution is -2.40. The van der Waals surface area contributed by atoms with Crippen molar-refractivity contribution in [3.8, 4) is 11.1 Å². The summed E-state index contributed by atoms with van der Waals surface area (Å²) in [6.45, 7) is 9.29. The predicted molar refractivity (Wildman–Crippen MR) is 208 cm³/mol. The molecular weight excluding hydrogens is 649 g/mol. The molecular formula is C42H46N8O2. The number of aliphatic hydroxyl groups excluding tert-OH is 2. The Morgan fingerprint density at radius 3 is 1.42 bits per heavy atom. The van der Waals surface area contributed by atoms with E-state index in [9.17, 15) is 10.2 Å². The second kappa shape index (κ2) is 13.5. The van der Waals surface area contributed by atoms with Crippen LogP contribution in [0.4, 0.5) is 23.0 Å². The molecule has 0 saturated heterocycles. The van der Waals surface area contributed by atoms with Crippen LogP contribution < -0.4 is 21.3 Å². The largest absolute Gasteiger partial charge is 0.391 e. The van der Waals surface area contributed by atoms with Gasteiger partial charge in [-0.25, -0.2) is 9.97 Å². The third-order valence-electron chi connectivity index (χ3n) is 11.2. The van der Waals surface area contributed by atoms with Crippen LogP contribution in [0.25, 0.3) is 32.9 Å². The van der Waals surface area contributed by atoms with Crippen molar-refractivity contribution in [2.45, 2.75) is 89.8 Å². The molecule has 6 N–H and O–H groups in total. The summed E-state index contributed by atoms with van der Waals surface area (Å²) >= 11 is 0. The average molecular weight is 695 g/mol. The highest BCUT2D eigenvalue weighted by Gasteiger charge is 2.47. The Labute approximate surface area is 304 Å². The molecule has 2 atom stereocenters. The molecule has 10 nitrogen and oxygen atoms in total. The van der Waals surface area contributed by atoms with Crippen LogP contribution in [-0.4, -0.2) is 53.4 Å². The standard InChI is InChI=1S/C42H46N8O2/c1-25-33(7-5-9-35(25)49-39-37-31(11-17-43-39)19-29(21-45-37)23-47-41(13-14-41)27(3)51)34-8-6-10-36(26(34)2)50-40-38-32(12-18-44-40)20-30(22-46-38)24-48-42(15-16-42)28(4)52/h5-12,17-22,27-28,47-48,51-52H,13-16,23-24H2,1-4H3,(H,43,49)(H,44,50)/t27-,28-/m0/s1. The summed E-state index contributed by atoms with van der Waals surface area (Å²) in [5.74, 6) is 1.41. The number of fused-ring (bicyclic) bond motifs is 2. The third-order valence-corrected chi connectivity index (χ3v) is 11.2. The first kappa shape index (κ1) is 34.1. The molecule has 0 bridgehead atoms. The zero-order valence-electron chi connectivity index (χ0n) is 30.2. The number of hydrogen-bond donors (Lipinski definition) is 6. The Morgan fingerprint density at radius 1 is 0.615 bits per heavy atom. The lowest BCUT2D eigenvalue weighted by Gasteiger charge is -2.20. The minimum absolute atomic E-state index is 0.164. The normalized spacial score (nSPS) is 16.8. The van der Waals surface area contributed by atoms with E-state index in [2.05, 4.69) is 93.6 Å². The Morgan fingerprint density at radius 2 is 1.04 bits per heavy atom. The zero-order chi connectivity index (χ0) is 36.0. The van der Waals surface area contributed by atoms with Crippen molar-refractivity contribution < 1.29 is 10.2 Å². The van der Waals surface area contributed by atoms with E-state index in [1.807, 2.05) is 50.8 Å². The maximum absolute atomic E-state index is 10.1. The molecule has 0 unspecified atom stereocenters. The lowest BCUT2D eigenvalue weighted by molar-refractivity contribution is 0.132. The van der Waals surface area contributed by atoms with Gasteiger partial charge in [0.05, 0.1) is 12.2 Å². The first-order valence-electron chi connectivity index (χ1n) is 18.2. The van der Waals surface area contributed by atoms with Crippen LogP contribution in [0.3, 0.4) is 0 Å². The number of pyridine rings is 4. The Balaban J connectivity index is 1.01. The molecule has 8 rings (SSSR count). The predicted octanol–water partition coefficient (Wildman–Crippen LogP) is 7.35. The van der Waals surface area contributed by atoms with E-state index in [0.29, 0.717) is 24.7 Å². The van der Waals surface area contributed by atoms with E-state index in [-0.39, 0.29) is 23.3 Å². The number of hydrogen-bond acceptors (Lipinski definition) is 10. The van der Waals surface area contributed by atoms with Gasteiger partial charge in [-0.15, -0.1) is 0 Å². The molecule has 266 valence electrons. The topological polar surface area (TPSA) is 140 Å². The zero-order valence-corrected chi connectivity index (χ0v) is 30.2. The van der Waals surface area contributed by atoms with Gasteiger partial charge in [0.1, 0.15) is 11.0 Å². The minimum atomic E-state index is -0.374. The second-order valence-corrected chi connectivity index (χ2v) is 14.7. The van der Waals surface area contributed by atoms with Gasteiger partial charge >= 0.3 is 0 Å². The Bertz CT molecular complexity index is 2120. The van der Waals surface area contributed by atoms with Crippen LogP contribution in [0.5, 0.6) is 0 Å². The summed E-state index contributed by atoms with van der Waals surface area (Å²) < 4.78 is 0. The molecule has 0 radical (unpaired) electrons. The van der Waals surface area contributed by atoms with E-state index in [1.54, 1.807) is 0 Å². The monoisotopic (exact) mass is 694 g/mol. The number of benzene rings is 2. The number of nitrogens with one attached hydrogen (secondary N) is 4. The van der Waals surface area contributed by atoms with Gasteiger partial charge in [-0.3, -0.25) is 9.97 Å². The van der Waals surface area contributed by atoms with Gasteiger partial charge in [-0.05, 0) is 123 Å². The SMILES string of the molecule is Cc1c(Nc2nccc3cc(CNC4([C@H](C)O)CC4)cnc23)cccc1-c1cccc(Nc2nccc3cc(CNC4([C@H](C)O)CC4)cnc23)c1C. The Kier molecular flexibility index (Phi) is 8.87.